The molecule has 13 heavy (non-hydrogen) atoms. The zero-order valence-corrected chi connectivity index (χ0v) is 8.54. The third-order valence-corrected chi connectivity index (χ3v) is 4.50. The number of piperidine rings is 1. The average Bonchev–Trinajstić information content (AvgIpc) is 2.72. The summed E-state index contributed by atoms with van der Waals surface area (Å²) < 4.78 is 0. The van der Waals surface area contributed by atoms with E-state index in [4.69, 9.17) is 0 Å². The van der Waals surface area contributed by atoms with E-state index in [2.05, 4.69) is 4.90 Å². The maximum atomic E-state index is 2.93. The SMILES string of the molecule is C1CCC(N2C3CCCC2CC3)C1. The van der Waals surface area contributed by atoms with Crippen LogP contribution in [0.2, 0.25) is 0 Å². The molecule has 1 nitrogen and oxygen atoms in total. The molecule has 74 valence electrons. The first-order valence-corrected chi connectivity index (χ1v) is 6.22. The summed E-state index contributed by atoms with van der Waals surface area (Å²) in [5.74, 6) is 0. The monoisotopic (exact) mass is 179 g/mol. The van der Waals surface area contributed by atoms with Gasteiger partial charge in [0.25, 0.3) is 0 Å². The normalized spacial score (nSPS) is 41.5. The second-order valence-electron chi connectivity index (χ2n) is 5.20. The maximum Gasteiger partial charge on any atom is 0.0102 e. The van der Waals surface area contributed by atoms with E-state index in [0.29, 0.717) is 0 Å². The maximum absolute atomic E-state index is 2.93. The van der Waals surface area contributed by atoms with E-state index in [1.807, 2.05) is 0 Å². The van der Waals surface area contributed by atoms with Crippen LogP contribution >= 0.6 is 0 Å². The fraction of sp³-hybridized carbons (Fsp3) is 1.00. The molecular formula is C12H21N. The molecule has 3 fully saturated rings. The standard InChI is InChI=1S/C12H21N/c1-2-5-10(4-1)13-11-6-3-7-12(13)9-8-11/h10-12H,1-9H2. The van der Waals surface area contributed by atoms with Crippen LogP contribution in [0.4, 0.5) is 0 Å². The second kappa shape index (κ2) is 3.27. The van der Waals surface area contributed by atoms with Crippen molar-refractivity contribution >= 4 is 0 Å². The molecular weight excluding hydrogens is 158 g/mol. The third kappa shape index (κ3) is 1.32. The van der Waals surface area contributed by atoms with E-state index in [0.717, 1.165) is 18.1 Å². The predicted octanol–water partition coefficient (Wildman–Crippen LogP) is 2.95. The number of nitrogens with zero attached hydrogens (tertiary/aromatic N) is 1. The van der Waals surface area contributed by atoms with Crippen molar-refractivity contribution in [2.45, 2.75) is 75.9 Å². The van der Waals surface area contributed by atoms with Crippen molar-refractivity contribution in [2.75, 3.05) is 0 Å². The molecule has 3 rings (SSSR count). The molecule has 2 bridgehead atoms. The topological polar surface area (TPSA) is 3.24 Å². The fourth-order valence-electron chi connectivity index (χ4n) is 3.96. The Morgan fingerprint density at radius 2 is 1.00 bits per heavy atom. The van der Waals surface area contributed by atoms with Gasteiger partial charge in [0.2, 0.25) is 0 Å². The number of hydrogen-bond acceptors (Lipinski definition) is 1. The second-order valence-corrected chi connectivity index (χ2v) is 5.20. The number of fused-ring (bicyclic) bond motifs is 2. The highest BCUT2D eigenvalue weighted by Gasteiger charge is 2.40. The van der Waals surface area contributed by atoms with Gasteiger partial charge in [0, 0.05) is 18.1 Å². The lowest BCUT2D eigenvalue weighted by atomic mass is 9.99. The van der Waals surface area contributed by atoms with Crippen LogP contribution in [0.1, 0.15) is 57.8 Å². The van der Waals surface area contributed by atoms with Gasteiger partial charge >= 0.3 is 0 Å². The predicted molar refractivity (Wildman–Crippen MR) is 54.8 cm³/mol. The van der Waals surface area contributed by atoms with Crippen molar-refractivity contribution in [1.82, 2.24) is 4.90 Å². The minimum Gasteiger partial charge on any atom is -0.294 e. The highest BCUT2D eigenvalue weighted by atomic mass is 15.2. The molecule has 1 saturated carbocycles. The van der Waals surface area contributed by atoms with E-state index in [1.54, 1.807) is 0 Å². The fourth-order valence-corrected chi connectivity index (χ4v) is 3.96. The van der Waals surface area contributed by atoms with Crippen molar-refractivity contribution in [3.8, 4) is 0 Å². The molecule has 2 unspecified atom stereocenters. The lowest BCUT2D eigenvalue weighted by Gasteiger charge is -2.39. The van der Waals surface area contributed by atoms with Gasteiger partial charge in [-0.2, -0.15) is 0 Å². The van der Waals surface area contributed by atoms with Crippen LogP contribution in [0.5, 0.6) is 0 Å². The van der Waals surface area contributed by atoms with Gasteiger partial charge in [-0.1, -0.05) is 19.3 Å². The van der Waals surface area contributed by atoms with Gasteiger partial charge in [-0.3, -0.25) is 4.90 Å². The Morgan fingerprint density at radius 1 is 0.538 bits per heavy atom. The molecule has 2 heterocycles. The number of hydrogen-bond donors (Lipinski definition) is 0. The third-order valence-electron chi connectivity index (χ3n) is 4.50. The summed E-state index contributed by atoms with van der Waals surface area (Å²) in [6.07, 6.45) is 13.6. The summed E-state index contributed by atoms with van der Waals surface area (Å²) in [5.41, 5.74) is 0. The van der Waals surface area contributed by atoms with Crippen LogP contribution in [-0.4, -0.2) is 23.0 Å². The number of rotatable bonds is 1. The van der Waals surface area contributed by atoms with Gasteiger partial charge < -0.3 is 0 Å². The molecule has 0 amide bonds. The largest absolute Gasteiger partial charge is 0.294 e. The van der Waals surface area contributed by atoms with E-state index in [-0.39, 0.29) is 0 Å². The van der Waals surface area contributed by atoms with Gasteiger partial charge in [0.15, 0.2) is 0 Å². The molecule has 0 spiro atoms. The summed E-state index contributed by atoms with van der Waals surface area (Å²) in [5, 5.41) is 0. The quantitative estimate of drug-likeness (QED) is 0.598. The van der Waals surface area contributed by atoms with E-state index >= 15 is 0 Å². The summed E-state index contributed by atoms with van der Waals surface area (Å²) in [4.78, 5) is 2.93. The van der Waals surface area contributed by atoms with E-state index in [1.165, 1.54) is 57.8 Å². The first-order valence-electron chi connectivity index (χ1n) is 6.22. The van der Waals surface area contributed by atoms with Gasteiger partial charge in [0.05, 0.1) is 0 Å². The molecule has 2 aliphatic heterocycles. The summed E-state index contributed by atoms with van der Waals surface area (Å²) >= 11 is 0. The molecule has 1 heteroatoms. The van der Waals surface area contributed by atoms with Gasteiger partial charge in [-0.05, 0) is 38.5 Å². The average molecular weight is 179 g/mol. The minimum absolute atomic E-state index is 0.998. The molecule has 3 aliphatic rings. The van der Waals surface area contributed by atoms with Crippen LogP contribution in [0.3, 0.4) is 0 Å². The van der Waals surface area contributed by atoms with Crippen LogP contribution in [0.25, 0.3) is 0 Å². The Kier molecular flexibility index (Phi) is 2.08. The summed E-state index contributed by atoms with van der Waals surface area (Å²) in [7, 11) is 0. The molecule has 0 aromatic heterocycles. The van der Waals surface area contributed by atoms with Crippen LogP contribution in [0.15, 0.2) is 0 Å². The van der Waals surface area contributed by atoms with Gasteiger partial charge in [-0.15, -0.1) is 0 Å². The summed E-state index contributed by atoms with van der Waals surface area (Å²) in [6.45, 7) is 0. The zero-order chi connectivity index (χ0) is 8.67. The molecule has 0 aromatic carbocycles. The van der Waals surface area contributed by atoms with Crippen molar-refractivity contribution in [3.63, 3.8) is 0 Å². The Bertz CT molecular complexity index is 168. The van der Waals surface area contributed by atoms with E-state index in [9.17, 15) is 0 Å². The van der Waals surface area contributed by atoms with Crippen molar-refractivity contribution in [2.24, 2.45) is 0 Å². The van der Waals surface area contributed by atoms with E-state index < -0.39 is 0 Å². The van der Waals surface area contributed by atoms with Crippen LogP contribution in [0, 0.1) is 0 Å². The lowest BCUT2D eigenvalue weighted by molar-refractivity contribution is 0.0894. The van der Waals surface area contributed by atoms with Crippen LogP contribution in [-0.2, 0) is 0 Å². The minimum atomic E-state index is 0.998. The Morgan fingerprint density at radius 3 is 1.62 bits per heavy atom. The molecule has 0 aromatic rings. The van der Waals surface area contributed by atoms with Crippen LogP contribution < -0.4 is 0 Å². The summed E-state index contributed by atoms with van der Waals surface area (Å²) in [6, 6.07) is 3.00. The van der Waals surface area contributed by atoms with Crippen molar-refractivity contribution in [1.29, 1.82) is 0 Å². The Balaban J connectivity index is 1.75. The first-order chi connectivity index (χ1) is 6.45. The molecule has 2 saturated heterocycles. The molecule has 2 atom stereocenters. The highest BCUT2D eigenvalue weighted by molar-refractivity contribution is 4.96. The molecule has 1 aliphatic carbocycles. The smallest absolute Gasteiger partial charge is 0.0102 e. The Labute approximate surface area is 81.5 Å². The van der Waals surface area contributed by atoms with Gasteiger partial charge in [0.1, 0.15) is 0 Å². The molecule has 0 radical (unpaired) electrons. The highest BCUT2D eigenvalue weighted by Crippen LogP contribution is 2.40. The van der Waals surface area contributed by atoms with Crippen molar-refractivity contribution in [3.05, 3.63) is 0 Å². The van der Waals surface area contributed by atoms with Crippen molar-refractivity contribution < 1.29 is 0 Å². The lowest BCUT2D eigenvalue weighted by Crippen LogP contribution is -2.45. The zero-order valence-electron chi connectivity index (χ0n) is 8.54. The Hall–Kier alpha value is -0.0400. The molecule has 0 N–H and O–H groups in total. The first kappa shape index (κ1) is 8.28. The van der Waals surface area contributed by atoms with Gasteiger partial charge in [-0.25, -0.2) is 0 Å².